The number of carboxylic acids is 1. The summed E-state index contributed by atoms with van der Waals surface area (Å²) in [5, 5.41) is 18.5. The van der Waals surface area contributed by atoms with Gasteiger partial charge in [0, 0.05) is 5.41 Å². The Hall–Kier alpha value is -1.55. The van der Waals surface area contributed by atoms with E-state index in [0.717, 1.165) is 5.57 Å². The lowest BCUT2D eigenvalue weighted by Gasteiger charge is -2.19. The Labute approximate surface area is 93.2 Å². The van der Waals surface area contributed by atoms with Crippen molar-refractivity contribution in [2.75, 3.05) is 0 Å². The molecule has 0 spiro atoms. The van der Waals surface area contributed by atoms with E-state index in [1.807, 2.05) is 6.92 Å². The summed E-state index contributed by atoms with van der Waals surface area (Å²) in [5.41, 5.74) is 0.274. The second kappa shape index (κ2) is 3.79. The molecule has 0 bridgehead atoms. The van der Waals surface area contributed by atoms with Gasteiger partial charge >= 0.3 is 5.97 Å². The molecule has 2 rings (SSSR count). The van der Waals surface area contributed by atoms with Crippen LogP contribution in [0.25, 0.3) is 6.08 Å². The van der Waals surface area contributed by atoms with Crippen LogP contribution in [0.4, 0.5) is 0 Å². The Kier molecular flexibility index (Phi) is 2.59. The second-order valence-electron chi connectivity index (χ2n) is 4.24. The van der Waals surface area contributed by atoms with Crippen molar-refractivity contribution < 1.29 is 19.4 Å². The van der Waals surface area contributed by atoms with Crippen molar-refractivity contribution in [2.24, 2.45) is 5.41 Å². The Morgan fingerprint density at radius 3 is 2.75 bits per heavy atom. The highest BCUT2D eigenvalue weighted by Crippen LogP contribution is 2.55. The lowest BCUT2D eigenvalue weighted by Crippen LogP contribution is -2.31. The maximum atomic E-state index is 10.8. The number of rotatable bonds is 4. The minimum atomic E-state index is -1.32. The summed E-state index contributed by atoms with van der Waals surface area (Å²) in [6.07, 6.45) is 3.46. The molecule has 0 aliphatic heterocycles. The molecule has 0 aromatic carbocycles. The molecule has 1 aliphatic carbocycles. The number of carboxylic acid groups (broad SMARTS) is 1. The zero-order chi connectivity index (χ0) is 11.8. The summed E-state index contributed by atoms with van der Waals surface area (Å²) in [5.74, 6) is -0.481. The Morgan fingerprint density at radius 2 is 2.31 bits per heavy atom. The highest BCUT2D eigenvalue weighted by molar-refractivity contribution is 5.75. The lowest BCUT2D eigenvalue weighted by atomic mass is 9.90. The van der Waals surface area contributed by atoms with Gasteiger partial charge in [0.15, 0.2) is 6.10 Å². The molecule has 1 atom stereocenters. The van der Waals surface area contributed by atoms with Gasteiger partial charge in [-0.05, 0) is 38.0 Å². The van der Waals surface area contributed by atoms with Gasteiger partial charge in [-0.15, -0.1) is 0 Å². The quantitative estimate of drug-likeness (QED) is 0.816. The third-order valence-corrected chi connectivity index (χ3v) is 3.23. The molecular weight excluding hydrogens is 208 g/mol. The minimum Gasteiger partial charge on any atom is -0.479 e. The highest BCUT2D eigenvalue weighted by Gasteiger charge is 2.53. The maximum absolute atomic E-state index is 10.8. The molecule has 0 radical (unpaired) electrons. The van der Waals surface area contributed by atoms with E-state index in [2.05, 4.69) is 0 Å². The monoisotopic (exact) mass is 222 g/mol. The Bertz CT molecular complexity index is 412. The summed E-state index contributed by atoms with van der Waals surface area (Å²) in [6, 6.07) is 3.57. The van der Waals surface area contributed by atoms with Crippen LogP contribution in [0, 0.1) is 5.41 Å². The first kappa shape index (κ1) is 11.0. The van der Waals surface area contributed by atoms with E-state index in [1.165, 1.54) is 0 Å². The van der Waals surface area contributed by atoms with Crippen LogP contribution < -0.4 is 0 Å². The molecular formula is C12H14O4. The normalized spacial score (nSPS) is 20.5. The Balaban J connectivity index is 2.22. The first-order chi connectivity index (χ1) is 7.56. The fourth-order valence-corrected chi connectivity index (χ4v) is 1.98. The fourth-order valence-electron chi connectivity index (χ4n) is 1.98. The molecule has 1 aromatic heterocycles. The SMILES string of the molecule is C/C(=C/c1ccco1)C1(C(O)C(=O)O)CC1. The smallest absolute Gasteiger partial charge is 0.333 e. The molecule has 86 valence electrons. The predicted molar refractivity (Wildman–Crippen MR) is 57.7 cm³/mol. The van der Waals surface area contributed by atoms with Gasteiger partial charge in [-0.1, -0.05) is 5.57 Å². The van der Waals surface area contributed by atoms with E-state index < -0.39 is 17.5 Å². The van der Waals surface area contributed by atoms with E-state index in [1.54, 1.807) is 24.5 Å². The first-order valence-corrected chi connectivity index (χ1v) is 5.19. The predicted octanol–water partition coefficient (Wildman–Crippen LogP) is 1.91. The molecule has 1 aliphatic rings. The van der Waals surface area contributed by atoms with E-state index in [0.29, 0.717) is 18.6 Å². The van der Waals surface area contributed by atoms with Crippen molar-refractivity contribution >= 4 is 12.0 Å². The molecule has 4 heteroatoms. The average molecular weight is 222 g/mol. The summed E-state index contributed by atoms with van der Waals surface area (Å²) in [4.78, 5) is 10.8. The number of aliphatic hydroxyl groups excluding tert-OH is 1. The fraction of sp³-hybridized carbons (Fsp3) is 0.417. The number of hydrogen-bond donors (Lipinski definition) is 2. The standard InChI is InChI=1S/C12H14O4/c1-8(7-9-3-2-6-16-9)12(4-5-12)10(13)11(14)15/h2-3,6-7,10,13H,4-5H2,1H3,(H,14,15)/b8-7-. The lowest BCUT2D eigenvalue weighted by molar-refractivity contribution is -0.149. The third kappa shape index (κ3) is 1.76. The average Bonchev–Trinajstić information content (AvgIpc) is 2.91. The van der Waals surface area contributed by atoms with Gasteiger partial charge in [0.05, 0.1) is 6.26 Å². The minimum absolute atomic E-state index is 0.585. The number of aliphatic carboxylic acids is 1. The van der Waals surface area contributed by atoms with Crippen molar-refractivity contribution in [1.29, 1.82) is 0 Å². The van der Waals surface area contributed by atoms with Gasteiger partial charge in [0.1, 0.15) is 5.76 Å². The summed E-state index contributed by atoms with van der Waals surface area (Å²) in [7, 11) is 0. The maximum Gasteiger partial charge on any atom is 0.333 e. The van der Waals surface area contributed by atoms with Crippen molar-refractivity contribution in [1.82, 2.24) is 0 Å². The number of carbonyl (C=O) groups is 1. The van der Waals surface area contributed by atoms with Crippen LogP contribution in [0.2, 0.25) is 0 Å². The molecule has 1 saturated carbocycles. The number of furan rings is 1. The van der Waals surface area contributed by atoms with E-state index in [4.69, 9.17) is 9.52 Å². The van der Waals surface area contributed by atoms with Crippen LogP contribution in [-0.2, 0) is 4.79 Å². The van der Waals surface area contributed by atoms with Gasteiger partial charge in [-0.2, -0.15) is 0 Å². The molecule has 0 amide bonds. The van der Waals surface area contributed by atoms with Crippen molar-refractivity contribution in [3.8, 4) is 0 Å². The topological polar surface area (TPSA) is 70.7 Å². The molecule has 2 N–H and O–H groups in total. The summed E-state index contributed by atoms with van der Waals surface area (Å²) < 4.78 is 5.16. The van der Waals surface area contributed by atoms with E-state index in [9.17, 15) is 9.90 Å². The molecule has 1 heterocycles. The van der Waals surface area contributed by atoms with Crippen LogP contribution in [0.15, 0.2) is 28.4 Å². The van der Waals surface area contributed by atoms with Gasteiger partial charge in [0.25, 0.3) is 0 Å². The first-order valence-electron chi connectivity index (χ1n) is 5.19. The van der Waals surface area contributed by atoms with Gasteiger partial charge in [0.2, 0.25) is 0 Å². The van der Waals surface area contributed by atoms with Crippen LogP contribution in [-0.4, -0.2) is 22.3 Å². The molecule has 1 unspecified atom stereocenters. The molecule has 4 nitrogen and oxygen atoms in total. The van der Waals surface area contributed by atoms with Gasteiger partial charge < -0.3 is 14.6 Å². The molecule has 1 aromatic rings. The molecule has 16 heavy (non-hydrogen) atoms. The molecule has 1 fully saturated rings. The molecule has 0 saturated heterocycles. The Morgan fingerprint density at radius 1 is 1.62 bits per heavy atom. The van der Waals surface area contributed by atoms with Crippen molar-refractivity contribution in [2.45, 2.75) is 25.9 Å². The van der Waals surface area contributed by atoms with Crippen LogP contribution in [0.1, 0.15) is 25.5 Å². The zero-order valence-corrected chi connectivity index (χ0v) is 9.01. The largest absolute Gasteiger partial charge is 0.479 e. The van der Waals surface area contributed by atoms with E-state index in [-0.39, 0.29) is 0 Å². The van der Waals surface area contributed by atoms with E-state index >= 15 is 0 Å². The zero-order valence-electron chi connectivity index (χ0n) is 9.01. The summed E-state index contributed by atoms with van der Waals surface area (Å²) >= 11 is 0. The van der Waals surface area contributed by atoms with Gasteiger partial charge in [-0.3, -0.25) is 0 Å². The second-order valence-corrected chi connectivity index (χ2v) is 4.24. The van der Waals surface area contributed by atoms with Crippen LogP contribution >= 0.6 is 0 Å². The number of aliphatic hydroxyl groups is 1. The summed E-state index contributed by atoms with van der Waals surface area (Å²) in [6.45, 7) is 1.84. The highest BCUT2D eigenvalue weighted by atomic mass is 16.4. The van der Waals surface area contributed by atoms with Crippen LogP contribution in [0.5, 0.6) is 0 Å². The van der Waals surface area contributed by atoms with Crippen molar-refractivity contribution in [3.05, 3.63) is 29.7 Å². The van der Waals surface area contributed by atoms with Crippen LogP contribution in [0.3, 0.4) is 0 Å². The number of hydrogen-bond acceptors (Lipinski definition) is 3. The van der Waals surface area contributed by atoms with Crippen molar-refractivity contribution in [3.63, 3.8) is 0 Å². The van der Waals surface area contributed by atoms with Gasteiger partial charge in [-0.25, -0.2) is 4.79 Å². The third-order valence-electron chi connectivity index (χ3n) is 3.23.